The molecule has 0 radical (unpaired) electrons. The maximum Gasteiger partial charge on any atom is 0.180 e. The van der Waals surface area contributed by atoms with E-state index in [0.717, 1.165) is 22.2 Å². The molecule has 7 heteroatoms. The number of nitrogens with zero attached hydrogens (tertiary/aromatic N) is 2. The molecule has 0 saturated carbocycles. The SMILES string of the molecule is CCOc1cc(/C=C(/C#N)c2nc3ccc(C)cc3[nH]2)cc(Cl)c1OCc1ccc(Cl)cc1. The number of aromatic nitrogens is 2. The molecular weight excluding hydrogens is 457 g/mol. The van der Waals surface area contributed by atoms with E-state index in [9.17, 15) is 5.26 Å². The van der Waals surface area contributed by atoms with Gasteiger partial charge in [-0.15, -0.1) is 0 Å². The first-order valence-electron chi connectivity index (χ1n) is 10.4. The van der Waals surface area contributed by atoms with Crippen LogP contribution in [0, 0.1) is 18.3 Å². The van der Waals surface area contributed by atoms with Gasteiger partial charge in [-0.25, -0.2) is 4.98 Å². The van der Waals surface area contributed by atoms with Crippen LogP contribution in [-0.4, -0.2) is 16.6 Å². The number of imidazole rings is 1. The van der Waals surface area contributed by atoms with Crippen molar-refractivity contribution in [1.29, 1.82) is 5.26 Å². The molecule has 0 unspecified atom stereocenters. The second-order valence-corrected chi connectivity index (χ2v) is 8.30. The zero-order chi connectivity index (χ0) is 23.4. The number of nitriles is 1. The highest BCUT2D eigenvalue weighted by Crippen LogP contribution is 2.38. The molecule has 5 nitrogen and oxygen atoms in total. The molecule has 0 saturated heterocycles. The molecule has 0 fully saturated rings. The van der Waals surface area contributed by atoms with E-state index in [1.165, 1.54) is 0 Å². The van der Waals surface area contributed by atoms with Crippen molar-refractivity contribution in [2.75, 3.05) is 6.61 Å². The minimum absolute atomic E-state index is 0.313. The minimum atomic E-state index is 0.313. The number of hydrogen-bond donors (Lipinski definition) is 1. The van der Waals surface area contributed by atoms with Crippen LogP contribution < -0.4 is 9.47 Å². The van der Waals surface area contributed by atoms with Crippen molar-refractivity contribution in [3.8, 4) is 17.6 Å². The van der Waals surface area contributed by atoms with Crippen LogP contribution in [0.15, 0.2) is 54.6 Å². The largest absolute Gasteiger partial charge is 0.490 e. The maximum atomic E-state index is 9.77. The summed E-state index contributed by atoms with van der Waals surface area (Å²) in [6, 6.07) is 19.1. The number of halogens is 2. The number of benzene rings is 3. The van der Waals surface area contributed by atoms with Gasteiger partial charge in [0.1, 0.15) is 18.5 Å². The average molecular weight is 478 g/mol. The van der Waals surface area contributed by atoms with Gasteiger partial charge in [0, 0.05) is 5.02 Å². The molecule has 0 aliphatic carbocycles. The van der Waals surface area contributed by atoms with E-state index in [1.54, 1.807) is 18.2 Å². The fraction of sp³-hybridized carbons (Fsp3) is 0.154. The Balaban J connectivity index is 1.65. The number of H-pyrrole nitrogens is 1. The molecule has 0 bridgehead atoms. The van der Waals surface area contributed by atoms with Gasteiger partial charge in [-0.05, 0) is 73.0 Å². The Kier molecular flexibility index (Phi) is 6.88. The number of hydrogen-bond acceptors (Lipinski definition) is 4. The molecule has 33 heavy (non-hydrogen) atoms. The lowest BCUT2D eigenvalue weighted by molar-refractivity contribution is 0.269. The summed E-state index contributed by atoms with van der Waals surface area (Å²) in [6.07, 6.45) is 1.72. The molecule has 1 heterocycles. The highest BCUT2D eigenvalue weighted by Gasteiger charge is 2.14. The van der Waals surface area contributed by atoms with Gasteiger partial charge < -0.3 is 14.5 Å². The highest BCUT2D eigenvalue weighted by molar-refractivity contribution is 6.32. The second kappa shape index (κ2) is 9.99. The van der Waals surface area contributed by atoms with Gasteiger partial charge in [0.2, 0.25) is 0 Å². The predicted octanol–water partition coefficient (Wildman–Crippen LogP) is 7.22. The summed E-state index contributed by atoms with van der Waals surface area (Å²) in [5.41, 5.74) is 4.84. The standard InChI is InChI=1S/C26H21Cl2N3O2/c1-3-32-24-13-18(12-21(28)25(24)33-15-17-5-7-20(27)8-6-17)11-19(14-29)26-30-22-9-4-16(2)10-23(22)31-26/h4-13H,3,15H2,1-2H3,(H,30,31)/b19-11-. The lowest BCUT2D eigenvalue weighted by Gasteiger charge is -2.15. The number of aromatic amines is 1. The van der Waals surface area contributed by atoms with Crippen molar-refractivity contribution in [2.24, 2.45) is 0 Å². The third kappa shape index (κ3) is 5.31. The van der Waals surface area contributed by atoms with Gasteiger partial charge in [-0.3, -0.25) is 0 Å². The van der Waals surface area contributed by atoms with Crippen molar-refractivity contribution in [3.05, 3.63) is 87.2 Å². The van der Waals surface area contributed by atoms with E-state index in [0.29, 0.717) is 51.7 Å². The summed E-state index contributed by atoms with van der Waals surface area (Å²) in [4.78, 5) is 7.76. The van der Waals surface area contributed by atoms with Crippen LogP contribution in [0.1, 0.15) is 29.4 Å². The van der Waals surface area contributed by atoms with Crippen LogP contribution >= 0.6 is 23.2 Å². The molecule has 0 aliphatic heterocycles. The van der Waals surface area contributed by atoms with Crippen LogP contribution in [-0.2, 0) is 6.61 Å². The first-order valence-corrected chi connectivity index (χ1v) is 11.1. The molecule has 0 aliphatic rings. The van der Waals surface area contributed by atoms with Crippen molar-refractivity contribution in [3.63, 3.8) is 0 Å². The zero-order valence-electron chi connectivity index (χ0n) is 18.2. The molecule has 0 amide bonds. The number of nitrogens with one attached hydrogen (secondary N) is 1. The Morgan fingerprint density at radius 3 is 2.61 bits per heavy atom. The van der Waals surface area contributed by atoms with Gasteiger partial charge in [0.15, 0.2) is 11.5 Å². The number of fused-ring (bicyclic) bond motifs is 1. The minimum Gasteiger partial charge on any atom is -0.490 e. The smallest absolute Gasteiger partial charge is 0.180 e. The molecule has 0 atom stereocenters. The topological polar surface area (TPSA) is 70.9 Å². The van der Waals surface area contributed by atoms with E-state index >= 15 is 0 Å². The van der Waals surface area contributed by atoms with Crippen LogP contribution in [0.3, 0.4) is 0 Å². The van der Waals surface area contributed by atoms with E-state index in [1.807, 2.05) is 56.3 Å². The van der Waals surface area contributed by atoms with Crippen molar-refractivity contribution < 1.29 is 9.47 Å². The number of rotatable bonds is 7. The Labute approximate surface area is 202 Å². The molecule has 3 aromatic carbocycles. The highest BCUT2D eigenvalue weighted by atomic mass is 35.5. The summed E-state index contributed by atoms with van der Waals surface area (Å²) < 4.78 is 11.7. The molecule has 4 rings (SSSR count). The molecule has 1 N–H and O–H groups in total. The van der Waals surface area contributed by atoms with Gasteiger partial charge in [0.05, 0.1) is 28.2 Å². The summed E-state index contributed by atoms with van der Waals surface area (Å²) in [5, 5.41) is 10.8. The lowest BCUT2D eigenvalue weighted by Crippen LogP contribution is -2.01. The average Bonchev–Trinajstić information content (AvgIpc) is 3.21. The molecule has 0 spiro atoms. The summed E-state index contributed by atoms with van der Waals surface area (Å²) >= 11 is 12.5. The van der Waals surface area contributed by atoms with E-state index in [2.05, 4.69) is 16.0 Å². The fourth-order valence-electron chi connectivity index (χ4n) is 3.38. The lowest BCUT2D eigenvalue weighted by atomic mass is 10.1. The third-order valence-corrected chi connectivity index (χ3v) is 5.48. The zero-order valence-corrected chi connectivity index (χ0v) is 19.7. The molecule has 166 valence electrons. The first kappa shape index (κ1) is 22.7. The first-order chi connectivity index (χ1) is 16.0. The van der Waals surface area contributed by atoms with E-state index in [4.69, 9.17) is 32.7 Å². The second-order valence-electron chi connectivity index (χ2n) is 7.45. The quantitative estimate of drug-likeness (QED) is 0.285. The van der Waals surface area contributed by atoms with Gasteiger partial charge in [0.25, 0.3) is 0 Å². The van der Waals surface area contributed by atoms with Gasteiger partial charge >= 0.3 is 0 Å². The molecule has 4 aromatic rings. The molecule has 1 aromatic heterocycles. The van der Waals surface area contributed by atoms with Crippen LogP contribution in [0.5, 0.6) is 11.5 Å². The van der Waals surface area contributed by atoms with Gasteiger partial charge in [-0.2, -0.15) is 5.26 Å². The van der Waals surface area contributed by atoms with Crippen molar-refractivity contribution in [2.45, 2.75) is 20.5 Å². The van der Waals surface area contributed by atoms with Crippen LogP contribution in [0.2, 0.25) is 10.0 Å². The van der Waals surface area contributed by atoms with Crippen LogP contribution in [0.25, 0.3) is 22.7 Å². The molecular formula is C26H21Cl2N3O2. The Hall–Kier alpha value is -3.46. The Bertz CT molecular complexity index is 1370. The summed E-state index contributed by atoms with van der Waals surface area (Å²) in [5.74, 6) is 1.45. The Morgan fingerprint density at radius 1 is 1.09 bits per heavy atom. The van der Waals surface area contributed by atoms with Crippen molar-refractivity contribution in [1.82, 2.24) is 9.97 Å². The number of ether oxygens (including phenoxy) is 2. The summed E-state index contributed by atoms with van der Waals surface area (Å²) in [7, 11) is 0. The van der Waals surface area contributed by atoms with E-state index < -0.39 is 0 Å². The predicted molar refractivity (Wildman–Crippen MR) is 133 cm³/mol. The van der Waals surface area contributed by atoms with Crippen LogP contribution in [0.4, 0.5) is 0 Å². The maximum absolute atomic E-state index is 9.77. The van der Waals surface area contributed by atoms with E-state index in [-0.39, 0.29) is 0 Å². The monoisotopic (exact) mass is 477 g/mol. The third-order valence-electron chi connectivity index (χ3n) is 4.95. The van der Waals surface area contributed by atoms with Crippen molar-refractivity contribution >= 4 is 45.9 Å². The fourth-order valence-corrected chi connectivity index (χ4v) is 3.78. The normalized spacial score (nSPS) is 11.4. The van der Waals surface area contributed by atoms with Gasteiger partial charge in [-0.1, -0.05) is 41.4 Å². The number of aryl methyl sites for hydroxylation is 1. The summed E-state index contributed by atoms with van der Waals surface area (Å²) in [6.45, 7) is 4.65. The Morgan fingerprint density at radius 2 is 1.88 bits per heavy atom. The number of allylic oxidation sites excluding steroid dienone is 1.